The first kappa shape index (κ1) is 33.4. The van der Waals surface area contributed by atoms with Crippen LogP contribution in [0.25, 0.3) is 10.4 Å². The van der Waals surface area contributed by atoms with Gasteiger partial charge in [0.25, 0.3) is 0 Å². The van der Waals surface area contributed by atoms with Gasteiger partial charge in [0.05, 0.1) is 32.3 Å². The van der Waals surface area contributed by atoms with Crippen molar-refractivity contribution in [2.45, 2.75) is 95.5 Å². The normalized spacial score (nSPS) is 19.5. The van der Waals surface area contributed by atoms with Gasteiger partial charge in [-0.15, -0.1) is 11.3 Å². The van der Waals surface area contributed by atoms with Crippen LogP contribution in [0.15, 0.2) is 29.8 Å². The number of aliphatic hydroxyl groups is 1. The molecule has 1 aromatic carbocycles. The zero-order valence-corrected chi connectivity index (χ0v) is 27.8. The summed E-state index contributed by atoms with van der Waals surface area (Å²) in [6.45, 7) is 12.5. The van der Waals surface area contributed by atoms with Gasteiger partial charge in [-0.2, -0.15) is 0 Å². The Bertz CT molecular complexity index is 1180. The Balaban J connectivity index is 1.64. The number of nitrogens with one attached hydrogen (secondary N) is 3. The van der Waals surface area contributed by atoms with Crippen molar-refractivity contribution >= 4 is 51.6 Å². The molecule has 2 heterocycles. The molecule has 11 heteroatoms. The zero-order valence-electron chi connectivity index (χ0n) is 24.9. The molecule has 5 atom stereocenters. The van der Waals surface area contributed by atoms with E-state index in [4.69, 9.17) is 0 Å². The first-order chi connectivity index (χ1) is 19.3. The van der Waals surface area contributed by atoms with Crippen molar-refractivity contribution in [1.29, 1.82) is 0 Å². The van der Waals surface area contributed by atoms with Crippen molar-refractivity contribution in [3.8, 4) is 10.4 Å². The van der Waals surface area contributed by atoms with Crippen LogP contribution in [0.3, 0.4) is 0 Å². The van der Waals surface area contributed by atoms with Crippen molar-refractivity contribution in [1.82, 2.24) is 25.8 Å². The molecule has 0 bridgehead atoms. The van der Waals surface area contributed by atoms with Crippen molar-refractivity contribution in [2.24, 2.45) is 5.41 Å². The Kier molecular flexibility index (Phi) is 12.1. The number of rotatable bonds is 12. The lowest BCUT2D eigenvalue weighted by Gasteiger charge is -2.35. The van der Waals surface area contributed by atoms with Crippen molar-refractivity contribution in [3.05, 3.63) is 41.0 Å². The molecule has 1 aliphatic heterocycles. The fourth-order valence-electron chi connectivity index (χ4n) is 4.96. The van der Waals surface area contributed by atoms with E-state index in [0.717, 1.165) is 34.7 Å². The third kappa shape index (κ3) is 9.45. The van der Waals surface area contributed by atoms with E-state index in [1.54, 1.807) is 11.3 Å². The van der Waals surface area contributed by atoms with Gasteiger partial charge in [-0.05, 0) is 56.7 Å². The first-order valence-corrected chi connectivity index (χ1v) is 16.4. The molecule has 0 aliphatic carbocycles. The van der Waals surface area contributed by atoms with Crippen LogP contribution in [0.4, 0.5) is 0 Å². The standard InChI is InChI=1S/C30H44IN5O4S/c1-18(21-10-12-22(13-11-21)26-19(2)33-17-41-26)34-28(39)24-15-23(37)16-36(24)29(40)27(30(4,5)6)35-25(38)9-7-8-14-32-20(3)31/h10-13,17-18,20,23-24,27,32,37H,7-9,14-16H2,1-6H3,(H,34,39)(H,35,38)/t18-,20?,23+,24-,27+/m0/s1. The minimum absolute atomic E-state index is 0.0524. The van der Waals surface area contributed by atoms with E-state index >= 15 is 0 Å². The van der Waals surface area contributed by atoms with Gasteiger partial charge in [0.1, 0.15) is 12.1 Å². The van der Waals surface area contributed by atoms with E-state index in [9.17, 15) is 19.5 Å². The highest BCUT2D eigenvalue weighted by Crippen LogP contribution is 2.29. The first-order valence-electron chi connectivity index (χ1n) is 14.2. The summed E-state index contributed by atoms with van der Waals surface area (Å²) in [7, 11) is 0. The average molecular weight is 698 g/mol. The lowest BCUT2D eigenvalue weighted by atomic mass is 9.85. The third-order valence-corrected chi connectivity index (χ3v) is 8.73. The molecular weight excluding hydrogens is 653 g/mol. The van der Waals surface area contributed by atoms with Gasteiger partial charge >= 0.3 is 0 Å². The second-order valence-electron chi connectivity index (χ2n) is 11.9. The largest absolute Gasteiger partial charge is 0.391 e. The Hall–Kier alpha value is -2.09. The van der Waals surface area contributed by atoms with Gasteiger partial charge < -0.3 is 26.0 Å². The van der Waals surface area contributed by atoms with Crippen LogP contribution < -0.4 is 16.0 Å². The number of carbonyl (C=O) groups is 3. The van der Waals surface area contributed by atoms with E-state index < -0.39 is 23.6 Å². The predicted octanol–water partition coefficient (Wildman–Crippen LogP) is 4.33. The highest BCUT2D eigenvalue weighted by molar-refractivity contribution is 14.1. The minimum Gasteiger partial charge on any atom is -0.391 e. The molecule has 2 aromatic rings. The number of aromatic nitrogens is 1. The summed E-state index contributed by atoms with van der Waals surface area (Å²) in [5.41, 5.74) is 4.24. The van der Waals surface area contributed by atoms with E-state index in [-0.39, 0.29) is 36.7 Å². The van der Waals surface area contributed by atoms with Gasteiger partial charge in [0, 0.05) is 19.4 Å². The number of benzene rings is 1. The summed E-state index contributed by atoms with van der Waals surface area (Å²) in [5, 5.41) is 19.7. The smallest absolute Gasteiger partial charge is 0.246 e. The van der Waals surface area contributed by atoms with E-state index in [1.807, 2.05) is 64.4 Å². The molecule has 0 saturated carbocycles. The maximum absolute atomic E-state index is 13.8. The molecule has 0 spiro atoms. The molecule has 41 heavy (non-hydrogen) atoms. The molecule has 4 N–H and O–H groups in total. The Labute approximate surface area is 261 Å². The number of carbonyl (C=O) groups excluding carboxylic acids is 3. The molecule has 1 aromatic heterocycles. The third-order valence-electron chi connectivity index (χ3n) is 7.32. The fraction of sp³-hybridized carbons (Fsp3) is 0.600. The maximum Gasteiger partial charge on any atom is 0.246 e. The maximum atomic E-state index is 13.8. The number of amides is 3. The van der Waals surface area contributed by atoms with E-state index in [1.165, 1.54) is 4.90 Å². The number of β-amino-alcohol motifs (C(OH)–C–C–N with tert-alkyl or cyclic N) is 1. The molecule has 3 rings (SSSR count). The fourth-order valence-corrected chi connectivity index (χ4v) is 6.08. The molecule has 1 saturated heterocycles. The quantitative estimate of drug-likeness (QED) is 0.113. The number of alkyl halides is 1. The van der Waals surface area contributed by atoms with Crippen molar-refractivity contribution in [3.63, 3.8) is 0 Å². The number of hydrogen-bond acceptors (Lipinski definition) is 7. The second kappa shape index (κ2) is 14.9. The SMILES string of the molecule is Cc1ncsc1-c1ccc([C@H](C)NC(=O)[C@@H]2C[C@@H](O)CN2C(=O)[C@@H](NC(=O)CCCCNC(C)I)C(C)(C)C)cc1. The number of aliphatic hydroxyl groups excluding tert-OH is 1. The summed E-state index contributed by atoms with van der Waals surface area (Å²) in [5.74, 6) is -0.854. The van der Waals surface area contributed by atoms with Crippen LogP contribution in [0.5, 0.6) is 0 Å². The highest BCUT2D eigenvalue weighted by Gasteiger charge is 2.44. The molecular formula is C30H44IN5O4S. The second-order valence-corrected chi connectivity index (χ2v) is 14.6. The average Bonchev–Trinajstić information content (AvgIpc) is 3.51. The summed E-state index contributed by atoms with van der Waals surface area (Å²) < 4.78 is 0.368. The number of halogens is 1. The molecule has 226 valence electrons. The molecule has 0 radical (unpaired) electrons. The number of unbranched alkanes of at least 4 members (excludes halogenated alkanes) is 1. The topological polar surface area (TPSA) is 124 Å². The van der Waals surface area contributed by atoms with Gasteiger partial charge in [-0.25, -0.2) is 4.98 Å². The van der Waals surface area contributed by atoms with Crippen LogP contribution in [0, 0.1) is 12.3 Å². The molecule has 1 unspecified atom stereocenters. The summed E-state index contributed by atoms with van der Waals surface area (Å²) >= 11 is 3.89. The van der Waals surface area contributed by atoms with E-state index in [2.05, 4.69) is 50.4 Å². The lowest BCUT2D eigenvalue weighted by Crippen LogP contribution is -2.57. The van der Waals surface area contributed by atoms with Crippen LogP contribution >= 0.6 is 33.9 Å². The van der Waals surface area contributed by atoms with Crippen LogP contribution in [0.2, 0.25) is 0 Å². The van der Waals surface area contributed by atoms with Crippen LogP contribution in [0.1, 0.15) is 77.6 Å². The van der Waals surface area contributed by atoms with Gasteiger partial charge in [-0.1, -0.05) is 67.6 Å². The van der Waals surface area contributed by atoms with Gasteiger partial charge in [0.2, 0.25) is 17.7 Å². The number of likely N-dealkylation sites (tertiary alicyclic amines) is 1. The summed E-state index contributed by atoms with van der Waals surface area (Å²) in [6, 6.07) is 6.07. The van der Waals surface area contributed by atoms with Crippen molar-refractivity contribution < 1.29 is 19.5 Å². The number of thiazole rings is 1. The molecule has 9 nitrogen and oxygen atoms in total. The number of hydrogen-bond donors (Lipinski definition) is 4. The number of nitrogens with zero attached hydrogens (tertiary/aromatic N) is 2. The van der Waals surface area contributed by atoms with Gasteiger partial charge in [0.15, 0.2) is 0 Å². The molecule has 1 fully saturated rings. The summed E-state index contributed by atoms with van der Waals surface area (Å²) in [6.07, 6.45) is 1.24. The van der Waals surface area contributed by atoms with E-state index in [0.29, 0.717) is 16.9 Å². The monoisotopic (exact) mass is 697 g/mol. The molecule has 3 amide bonds. The molecule has 1 aliphatic rings. The van der Waals surface area contributed by atoms with Crippen LogP contribution in [-0.2, 0) is 14.4 Å². The highest BCUT2D eigenvalue weighted by atomic mass is 127. The number of aryl methyl sites for hydroxylation is 1. The van der Waals surface area contributed by atoms with Gasteiger partial charge in [-0.3, -0.25) is 14.4 Å². The minimum atomic E-state index is -0.817. The summed E-state index contributed by atoms with van der Waals surface area (Å²) in [4.78, 5) is 46.8. The van der Waals surface area contributed by atoms with Crippen LogP contribution in [-0.4, -0.2) is 68.0 Å². The Morgan fingerprint density at radius 1 is 1.15 bits per heavy atom. The lowest BCUT2D eigenvalue weighted by molar-refractivity contribution is -0.144. The zero-order chi connectivity index (χ0) is 30.3. The predicted molar refractivity (Wildman–Crippen MR) is 172 cm³/mol. The Morgan fingerprint density at radius 3 is 2.41 bits per heavy atom. The Morgan fingerprint density at radius 2 is 1.83 bits per heavy atom. The van der Waals surface area contributed by atoms with Crippen molar-refractivity contribution in [2.75, 3.05) is 13.1 Å².